The maximum Gasteiger partial charge on any atom is 0.214 e. The van der Waals surface area contributed by atoms with Crippen LogP contribution < -0.4 is 4.74 Å². The van der Waals surface area contributed by atoms with Crippen molar-refractivity contribution in [1.82, 2.24) is 4.98 Å². The van der Waals surface area contributed by atoms with Crippen molar-refractivity contribution in [3.05, 3.63) is 60.2 Å². The molecule has 0 bridgehead atoms. The molecule has 0 amide bonds. The summed E-state index contributed by atoms with van der Waals surface area (Å²) in [7, 11) is 0. The van der Waals surface area contributed by atoms with Gasteiger partial charge in [0, 0.05) is 11.6 Å². The van der Waals surface area contributed by atoms with E-state index in [1.807, 2.05) is 36.4 Å². The highest BCUT2D eigenvalue weighted by molar-refractivity contribution is 5.87. The second-order valence-corrected chi connectivity index (χ2v) is 6.09. The summed E-state index contributed by atoms with van der Waals surface area (Å²) in [6.07, 6.45) is 3.86. The van der Waals surface area contributed by atoms with Crippen LogP contribution in [0.25, 0.3) is 22.0 Å². The van der Waals surface area contributed by atoms with Crippen LogP contribution in [0, 0.1) is 0 Å². The van der Waals surface area contributed by atoms with E-state index in [2.05, 4.69) is 23.2 Å². The quantitative estimate of drug-likeness (QED) is 0.780. The predicted molar refractivity (Wildman–Crippen MR) is 91.4 cm³/mol. The zero-order valence-corrected chi connectivity index (χ0v) is 12.9. The fourth-order valence-corrected chi connectivity index (χ4v) is 2.85. The molecule has 3 heteroatoms. The van der Waals surface area contributed by atoms with Crippen LogP contribution in [-0.2, 0) is 6.61 Å². The number of hydrogen-bond acceptors (Lipinski definition) is 3. The van der Waals surface area contributed by atoms with Gasteiger partial charge in [0.25, 0.3) is 0 Å². The minimum absolute atomic E-state index is 0.0692. The summed E-state index contributed by atoms with van der Waals surface area (Å²) < 4.78 is 5.89. The first-order valence-corrected chi connectivity index (χ1v) is 8.09. The highest BCUT2D eigenvalue weighted by atomic mass is 16.5. The molecule has 1 heterocycles. The van der Waals surface area contributed by atoms with Crippen molar-refractivity contribution >= 4 is 10.8 Å². The molecule has 2 aromatic carbocycles. The Morgan fingerprint density at radius 2 is 1.83 bits per heavy atom. The van der Waals surface area contributed by atoms with Crippen molar-refractivity contribution in [1.29, 1.82) is 0 Å². The molecule has 0 radical (unpaired) electrons. The summed E-state index contributed by atoms with van der Waals surface area (Å²) in [5.41, 5.74) is 2.93. The Bertz CT molecular complexity index is 840. The van der Waals surface area contributed by atoms with Gasteiger partial charge in [0.2, 0.25) is 5.88 Å². The smallest absolute Gasteiger partial charge is 0.214 e. The van der Waals surface area contributed by atoms with Crippen molar-refractivity contribution in [2.45, 2.75) is 32.0 Å². The average molecular weight is 305 g/mol. The summed E-state index contributed by atoms with van der Waals surface area (Å²) in [5, 5.41) is 11.5. The molecule has 1 N–H and O–H groups in total. The number of rotatable bonds is 4. The molecular formula is C20H19NO2. The first-order chi connectivity index (χ1) is 11.3. The van der Waals surface area contributed by atoms with Gasteiger partial charge in [0.15, 0.2) is 0 Å². The molecule has 4 rings (SSSR count). The first-order valence-electron chi connectivity index (χ1n) is 8.09. The van der Waals surface area contributed by atoms with Crippen molar-refractivity contribution in [2.75, 3.05) is 0 Å². The predicted octanol–water partition coefficient (Wildman–Crippen LogP) is 4.33. The average Bonchev–Trinajstić information content (AvgIpc) is 2.57. The van der Waals surface area contributed by atoms with Gasteiger partial charge >= 0.3 is 0 Å². The van der Waals surface area contributed by atoms with E-state index in [0.29, 0.717) is 12.0 Å². The molecule has 1 aromatic heterocycles. The van der Waals surface area contributed by atoms with Gasteiger partial charge in [-0.2, -0.15) is 0 Å². The molecule has 1 aliphatic carbocycles. The van der Waals surface area contributed by atoms with E-state index in [-0.39, 0.29) is 6.61 Å². The highest BCUT2D eigenvalue weighted by Crippen LogP contribution is 2.28. The van der Waals surface area contributed by atoms with Crippen LogP contribution in [0.5, 0.6) is 5.88 Å². The largest absolute Gasteiger partial charge is 0.474 e. The van der Waals surface area contributed by atoms with Gasteiger partial charge in [-0.15, -0.1) is 0 Å². The van der Waals surface area contributed by atoms with Crippen LogP contribution in [0.2, 0.25) is 0 Å². The Balaban J connectivity index is 1.66. The summed E-state index contributed by atoms with van der Waals surface area (Å²) >= 11 is 0. The number of hydrogen-bond donors (Lipinski definition) is 1. The Labute approximate surface area is 135 Å². The minimum Gasteiger partial charge on any atom is -0.474 e. The van der Waals surface area contributed by atoms with Gasteiger partial charge in [0.05, 0.1) is 12.3 Å². The van der Waals surface area contributed by atoms with E-state index in [1.165, 1.54) is 6.42 Å². The zero-order valence-electron chi connectivity index (χ0n) is 12.9. The third-order valence-electron chi connectivity index (χ3n) is 4.45. The SMILES string of the molecule is OCc1ccc2cc(-c3cccc(OC4CCC4)n3)ccc2c1. The molecule has 116 valence electrons. The van der Waals surface area contributed by atoms with Gasteiger partial charge in [-0.25, -0.2) is 4.98 Å². The second kappa shape index (κ2) is 6.01. The lowest BCUT2D eigenvalue weighted by Crippen LogP contribution is -2.24. The number of benzene rings is 2. The molecule has 23 heavy (non-hydrogen) atoms. The van der Waals surface area contributed by atoms with Crippen LogP contribution in [0.3, 0.4) is 0 Å². The van der Waals surface area contributed by atoms with Gasteiger partial charge in [0.1, 0.15) is 6.10 Å². The summed E-state index contributed by atoms with van der Waals surface area (Å²) in [6, 6.07) is 18.2. The van der Waals surface area contributed by atoms with Crippen molar-refractivity contribution < 1.29 is 9.84 Å². The number of aromatic nitrogens is 1. The number of ether oxygens (including phenoxy) is 1. The van der Waals surface area contributed by atoms with Gasteiger partial charge in [-0.05, 0) is 53.8 Å². The van der Waals surface area contributed by atoms with Gasteiger partial charge in [-0.3, -0.25) is 0 Å². The fourth-order valence-electron chi connectivity index (χ4n) is 2.85. The number of pyridine rings is 1. The molecule has 0 atom stereocenters. The maximum atomic E-state index is 9.23. The van der Waals surface area contributed by atoms with E-state index in [1.54, 1.807) is 0 Å². The Kier molecular flexibility index (Phi) is 3.72. The molecule has 0 aliphatic heterocycles. The van der Waals surface area contributed by atoms with Crippen LogP contribution in [-0.4, -0.2) is 16.2 Å². The van der Waals surface area contributed by atoms with E-state index in [0.717, 1.165) is 40.4 Å². The van der Waals surface area contributed by atoms with Crippen LogP contribution >= 0.6 is 0 Å². The third-order valence-corrected chi connectivity index (χ3v) is 4.45. The molecule has 3 nitrogen and oxygen atoms in total. The third kappa shape index (κ3) is 2.92. The fraction of sp³-hybridized carbons (Fsp3) is 0.250. The molecule has 0 saturated heterocycles. The zero-order chi connectivity index (χ0) is 15.6. The van der Waals surface area contributed by atoms with Gasteiger partial charge in [-0.1, -0.05) is 30.3 Å². The van der Waals surface area contributed by atoms with Crippen molar-refractivity contribution in [2.24, 2.45) is 0 Å². The van der Waals surface area contributed by atoms with Crippen LogP contribution in [0.15, 0.2) is 54.6 Å². The van der Waals surface area contributed by atoms with Crippen LogP contribution in [0.4, 0.5) is 0 Å². The number of aliphatic hydroxyl groups is 1. The molecule has 3 aromatic rings. The van der Waals surface area contributed by atoms with Gasteiger partial charge < -0.3 is 9.84 Å². The lowest BCUT2D eigenvalue weighted by atomic mass is 9.96. The Hall–Kier alpha value is -2.39. The summed E-state index contributed by atoms with van der Waals surface area (Å²) in [5.74, 6) is 0.711. The molecule has 1 aliphatic rings. The second-order valence-electron chi connectivity index (χ2n) is 6.09. The lowest BCUT2D eigenvalue weighted by Gasteiger charge is -2.25. The number of nitrogens with zero attached hydrogens (tertiary/aromatic N) is 1. The molecule has 0 unspecified atom stereocenters. The maximum absolute atomic E-state index is 9.23. The summed E-state index contributed by atoms with van der Waals surface area (Å²) in [6.45, 7) is 0.0692. The molecule has 0 spiro atoms. The number of aliphatic hydroxyl groups excluding tert-OH is 1. The van der Waals surface area contributed by atoms with Crippen LogP contribution in [0.1, 0.15) is 24.8 Å². The monoisotopic (exact) mass is 305 g/mol. The molecule has 1 fully saturated rings. The Morgan fingerprint density at radius 1 is 1.00 bits per heavy atom. The minimum atomic E-state index is 0.0692. The van der Waals surface area contributed by atoms with E-state index >= 15 is 0 Å². The lowest BCUT2D eigenvalue weighted by molar-refractivity contribution is 0.115. The topological polar surface area (TPSA) is 42.4 Å². The normalized spacial score (nSPS) is 14.7. The Morgan fingerprint density at radius 3 is 2.61 bits per heavy atom. The first kappa shape index (κ1) is 14.2. The standard InChI is InChI=1S/C20H19NO2/c22-13-14-7-8-16-12-17(10-9-15(16)11-14)19-5-2-6-20(21-19)23-18-3-1-4-18/h2,5-12,18,22H,1,3-4,13H2. The molecular weight excluding hydrogens is 286 g/mol. The summed E-state index contributed by atoms with van der Waals surface area (Å²) in [4.78, 5) is 4.64. The highest BCUT2D eigenvalue weighted by Gasteiger charge is 2.19. The molecule has 1 saturated carbocycles. The van der Waals surface area contributed by atoms with Crippen molar-refractivity contribution in [3.63, 3.8) is 0 Å². The van der Waals surface area contributed by atoms with E-state index in [4.69, 9.17) is 4.74 Å². The van der Waals surface area contributed by atoms with Crippen molar-refractivity contribution in [3.8, 4) is 17.1 Å². The number of fused-ring (bicyclic) bond motifs is 1. The van der Waals surface area contributed by atoms with E-state index < -0.39 is 0 Å². The van der Waals surface area contributed by atoms with E-state index in [9.17, 15) is 5.11 Å².